The van der Waals surface area contributed by atoms with Gasteiger partial charge in [-0.15, -0.1) is 0 Å². The van der Waals surface area contributed by atoms with E-state index in [1.165, 1.54) is 49.7 Å². The number of nitrogens with zero attached hydrogens (tertiary/aromatic N) is 3. The quantitative estimate of drug-likeness (QED) is 0.123. The average Bonchev–Trinajstić information content (AvgIpc) is 3.45. The van der Waals surface area contributed by atoms with Gasteiger partial charge in [0.25, 0.3) is 7.71 Å². The van der Waals surface area contributed by atoms with E-state index in [1.54, 1.807) is 0 Å². The first kappa shape index (κ1) is 34.3. The van der Waals surface area contributed by atoms with Crippen LogP contribution >= 0.6 is 7.71 Å². The fraction of sp³-hybridized carbons (Fsp3) is 0.136. The monoisotopic (exact) mass is 659 g/mol. The summed E-state index contributed by atoms with van der Waals surface area (Å²) in [5.41, 5.74) is 12.1. The first-order valence-electron chi connectivity index (χ1n) is 17.0. The maximum absolute atomic E-state index is 2.50. The summed E-state index contributed by atoms with van der Waals surface area (Å²) in [6.07, 6.45) is -1.22. The molecule has 246 valence electrons. The molecular formula is C44H47BN3P. The van der Waals surface area contributed by atoms with E-state index in [0.29, 0.717) is 0 Å². The molecule has 0 N–H and O–H groups in total. The summed E-state index contributed by atoms with van der Waals surface area (Å²) in [5.74, 6) is 2.50. The lowest BCUT2D eigenvalue weighted by molar-refractivity contribution is 0.472. The van der Waals surface area contributed by atoms with Gasteiger partial charge in [0.1, 0.15) is 12.0 Å². The summed E-state index contributed by atoms with van der Waals surface area (Å²) in [4.78, 5) is 0. The lowest BCUT2D eigenvalue weighted by Crippen LogP contribution is -2.74. The third-order valence-electron chi connectivity index (χ3n) is 9.99. The number of hydrogen-bond acceptors (Lipinski definition) is 3. The Hall–Kier alpha value is -4.57. The van der Waals surface area contributed by atoms with E-state index in [9.17, 15) is 0 Å². The molecule has 0 aromatic heterocycles. The number of benzene rings is 6. The first-order valence-corrected chi connectivity index (χ1v) is 18.7. The number of rotatable bonds is 8. The molecule has 5 heteroatoms. The van der Waals surface area contributed by atoms with Crippen LogP contribution in [0.25, 0.3) is 16.7 Å². The minimum atomic E-state index is -1.73. The van der Waals surface area contributed by atoms with E-state index in [0.717, 1.165) is 0 Å². The van der Waals surface area contributed by atoms with Crippen molar-refractivity contribution in [1.29, 1.82) is 0 Å². The van der Waals surface area contributed by atoms with Gasteiger partial charge in [0.15, 0.2) is 0 Å². The minimum absolute atomic E-state index is 1.22. The van der Waals surface area contributed by atoms with Crippen LogP contribution in [0.15, 0.2) is 176 Å². The molecule has 0 saturated carbocycles. The van der Waals surface area contributed by atoms with E-state index >= 15 is 0 Å². The van der Waals surface area contributed by atoms with Gasteiger partial charge in [0.2, 0.25) is 0 Å². The summed E-state index contributed by atoms with van der Waals surface area (Å²) in [6.45, 7) is 0. The van der Waals surface area contributed by atoms with Gasteiger partial charge in [-0.25, -0.2) is 0 Å². The van der Waals surface area contributed by atoms with Crippen LogP contribution in [0.5, 0.6) is 0 Å². The maximum Gasteiger partial charge on any atom is 0.253 e. The largest absolute Gasteiger partial charge is 0.253 e. The van der Waals surface area contributed by atoms with E-state index in [4.69, 9.17) is 0 Å². The minimum Gasteiger partial charge on any atom is -0.195 e. The predicted octanol–water partition coefficient (Wildman–Crippen LogP) is 7.57. The van der Waals surface area contributed by atoms with Gasteiger partial charge < -0.3 is 0 Å². The Labute approximate surface area is 294 Å². The van der Waals surface area contributed by atoms with Crippen molar-refractivity contribution >= 4 is 41.3 Å². The standard InChI is InChI=1S/C24H20B.C20H27N3P/c1-5-13-21(14-6-1)25(22-15-7-2-8-16-22,23-17-9-3-10-18-23)24-19-11-4-12-20-24;1-21(2)24(22(3)4,23(5)6)15-20-18-13-9-7-11-16(18)17-12-8-10-14-19(17)20/h1-20H;7-15H,1-6H3/q-1;+1. The lowest BCUT2D eigenvalue weighted by atomic mass is 9.13. The lowest BCUT2D eigenvalue weighted by Gasteiger charge is -2.44. The molecule has 3 nitrogen and oxygen atoms in total. The highest BCUT2D eigenvalue weighted by atomic mass is 31.2. The normalized spacial score (nSPS) is 12.4. The highest BCUT2D eigenvalue weighted by Crippen LogP contribution is 2.67. The van der Waals surface area contributed by atoms with E-state index in [-0.39, 0.29) is 0 Å². The zero-order chi connectivity index (χ0) is 34.4. The van der Waals surface area contributed by atoms with Crippen molar-refractivity contribution in [3.05, 3.63) is 187 Å². The summed E-state index contributed by atoms with van der Waals surface area (Å²) in [6, 6.07) is 61.0. The summed E-state index contributed by atoms with van der Waals surface area (Å²) in [7, 11) is 11.3. The predicted molar refractivity (Wildman–Crippen MR) is 217 cm³/mol. The van der Waals surface area contributed by atoms with Gasteiger partial charge in [-0.05, 0) is 22.3 Å². The molecule has 1 aliphatic carbocycles. The summed E-state index contributed by atoms with van der Waals surface area (Å²) < 4.78 is 7.09. The van der Waals surface area contributed by atoms with Gasteiger partial charge in [-0.2, -0.15) is 35.9 Å². The molecule has 0 unspecified atom stereocenters. The highest BCUT2D eigenvalue weighted by molar-refractivity contribution is 7.72. The van der Waals surface area contributed by atoms with Crippen molar-refractivity contribution in [3.63, 3.8) is 0 Å². The fourth-order valence-corrected chi connectivity index (χ4v) is 11.4. The van der Waals surface area contributed by atoms with Crippen LogP contribution in [0.2, 0.25) is 0 Å². The van der Waals surface area contributed by atoms with Crippen LogP contribution in [0.4, 0.5) is 0 Å². The Morgan fingerprint density at radius 3 is 0.857 bits per heavy atom. The van der Waals surface area contributed by atoms with Gasteiger partial charge in [0, 0.05) is 47.9 Å². The molecule has 0 bridgehead atoms. The third-order valence-corrected chi connectivity index (χ3v) is 14.1. The molecule has 6 aromatic rings. The molecule has 49 heavy (non-hydrogen) atoms. The maximum atomic E-state index is 2.50. The average molecular weight is 660 g/mol. The molecule has 0 saturated heterocycles. The first-order chi connectivity index (χ1) is 23.8. The van der Waals surface area contributed by atoms with Crippen molar-refractivity contribution in [1.82, 2.24) is 14.0 Å². The molecule has 0 atom stereocenters. The number of fused-ring (bicyclic) bond motifs is 3. The highest BCUT2D eigenvalue weighted by Gasteiger charge is 2.47. The Kier molecular flexibility index (Phi) is 10.4. The van der Waals surface area contributed by atoms with Crippen molar-refractivity contribution in [2.75, 3.05) is 42.3 Å². The molecule has 7 rings (SSSR count). The van der Waals surface area contributed by atoms with Crippen LogP contribution < -0.4 is 21.9 Å². The molecule has 6 aromatic carbocycles. The van der Waals surface area contributed by atoms with E-state index < -0.39 is 13.9 Å². The third kappa shape index (κ3) is 6.34. The zero-order valence-corrected chi connectivity index (χ0v) is 30.5. The van der Waals surface area contributed by atoms with Crippen LogP contribution in [0.1, 0.15) is 11.1 Å². The summed E-state index contributed by atoms with van der Waals surface area (Å²) in [5, 5.41) is 0. The molecule has 1 aliphatic rings. The van der Waals surface area contributed by atoms with Crippen LogP contribution in [0, 0.1) is 0 Å². The van der Waals surface area contributed by atoms with Gasteiger partial charge in [0.05, 0.1) is 0 Å². The Morgan fingerprint density at radius 1 is 0.347 bits per heavy atom. The Bertz CT molecular complexity index is 1760. The Morgan fingerprint density at radius 2 is 0.592 bits per heavy atom. The fourth-order valence-electron chi connectivity index (χ4n) is 7.90. The second-order valence-electron chi connectivity index (χ2n) is 13.3. The van der Waals surface area contributed by atoms with E-state index in [1.807, 2.05) is 0 Å². The Balaban J connectivity index is 0.000000170. The van der Waals surface area contributed by atoms with Crippen LogP contribution in [-0.2, 0) is 0 Å². The molecular weight excluding hydrogens is 612 g/mol. The van der Waals surface area contributed by atoms with E-state index in [2.05, 4.69) is 232 Å². The van der Waals surface area contributed by atoms with Crippen LogP contribution in [0.3, 0.4) is 0 Å². The molecule has 0 spiro atoms. The van der Waals surface area contributed by atoms with Crippen molar-refractivity contribution < 1.29 is 0 Å². The molecule has 0 radical (unpaired) electrons. The second-order valence-corrected chi connectivity index (χ2v) is 17.2. The molecule has 0 fully saturated rings. The zero-order valence-electron chi connectivity index (χ0n) is 29.6. The SMILES string of the molecule is CN(C)[P+](C=C1c2ccccc2-c2ccccc21)(N(C)C)N(C)C.c1ccc([B-](c2ccccc2)(c2ccccc2)c2ccccc2)cc1. The second kappa shape index (κ2) is 14.9. The molecule has 0 heterocycles. The van der Waals surface area contributed by atoms with Crippen molar-refractivity contribution in [3.8, 4) is 11.1 Å². The summed E-state index contributed by atoms with van der Waals surface area (Å²) >= 11 is 0. The van der Waals surface area contributed by atoms with Crippen molar-refractivity contribution in [2.24, 2.45) is 0 Å². The smallest absolute Gasteiger partial charge is 0.195 e. The molecule has 0 amide bonds. The van der Waals surface area contributed by atoms with Gasteiger partial charge >= 0.3 is 0 Å². The topological polar surface area (TPSA) is 9.72 Å². The number of hydrogen-bond donors (Lipinski definition) is 0. The van der Waals surface area contributed by atoms with Crippen molar-refractivity contribution in [2.45, 2.75) is 0 Å². The molecule has 0 aliphatic heterocycles. The van der Waals surface area contributed by atoms with Crippen LogP contribution in [-0.4, -0.2) is 62.4 Å². The van der Waals surface area contributed by atoms with Gasteiger partial charge in [-0.1, -0.05) is 170 Å². The van der Waals surface area contributed by atoms with Gasteiger partial charge in [-0.3, -0.25) is 0 Å².